The van der Waals surface area contributed by atoms with Crippen LogP contribution in [0.3, 0.4) is 0 Å². The number of amides is 4. The van der Waals surface area contributed by atoms with Crippen molar-refractivity contribution < 1.29 is 33.4 Å². The van der Waals surface area contributed by atoms with Crippen LogP contribution in [0.2, 0.25) is 0 Å². The van der Waals surface area contributed by atoms with Gasteiger partial charge >= 0.3 is 0 Å². The third-order valence-electron chi connectivity index (χ3n) is 11.5. The molecule has 1 aromatic heterocycles. The number of aliphatic hydroxyl groups excluding tert-OH is 1. The first-order chi connectivity index (χ1) is 25.3. The quantitative estimate of drug-likeness (QED) is 0.155. The topological polar surface area (TPSA) is 130 Å². The summed E-state index contributed by atoms with van der Waals surface area (Å²) in [6.07, 6.45) is 2.59. The van der Waals surface area contributed by atoms with Gasteiger partial charge in [-0.25, -0.2) is 9.88 Å². The van der Waals surface area contributed by atoms with Crippen molar-refractivity contribution in [2.75, 3.05) is 23.0 Å². The van der Waals surface area contributed by atoms with Gasteiger partial charge in [0.25, 0.3) is 0 Å². The lowest BCUT2D eigenvalue weighted by molar-refractivity contribution is -0.131. The molecule has 2 aliphatic heterocycles. The van der Waals surface area contributed by atoms with Gasteiger partial charge in [-0.2, -0.15) is 0 Å². The molecule has 6 atom stereocenters. The van der Waals surface area contributed by atoms with Crippen LogP contribution in [-0.2, 0) is 19.2 Å². The van der Waals surface area contributed by atoms with Gasteiger partial charge in [-0.05, 0) is 80.3 Å². The fraction of sp³-hybridized carbons (Fsp3) is 0.262. The number of anilines is 2. The Bertz CT molecular complexity index is 2260. The third kappa shape index (κ3) is 4.63. The summed E-state index contributed by atoms with van der Waals surface area (Å²) in [6.45, 7) is 1.70. The van der Waals surface area contributed by atoms with E-state index in [0.29, 0.717) is 46.1 Å². The van der Waals surface area contributed by atoms with Crippen LogP contribution in [0.15, 0.2) is 119 Å². The summed E-state index contributed by atoms with van der Waals surface area (Å²) in [5, 5.41) is 9.61. The molecule has 0 bridgehead atoms. The molecule has 0 spiro atoms. The van der Waals surface area contributed by atoms with E-state index in [1.807, 2.05) is 61.5 Å². The number of rotatable bonds is 7. The van der Waals surface area contributed by atoms with Crippen molar-refractivity contribution in [3.63, 3.8) is 0 Å². The minimum absolute atomic E-state index is 0.0488. The number of hydrogen-bond donors (Lipinski definition) is 1. The Morgan fingerprint density at radius 3 is 2.29 bits per heavy atom. The lowest BCUT2D eigenvalue weighted by Crippen LogP contribution is -2.49. The summed E-state index contributed by atoms with van der Waals surface area (Å²) in [5.74, 6) is -3.46. The SMILES string of the molecule is C[C@@]12C(=O)N(c3ccccc3)C(=O)[C@@H]1C[C@@H]1C(=CC[C@@H]3C(=O)N(c4ccc(-c5nc6ccccc6o5)cc4)C(=O)[C@@H]31)[C@@H]2c1ccccc1OCCO. The number of fused-ring (bicyclic) bond motifs is 5. The minimum atomic E-state index is -1.20. The van der Waals surface area contributed by atoms with Crippen molar-refractivity contribution in [3.05, 3.63) is 120 Å². The molecular weight excluding hydrogens is 658 g/mol. The monoisotopic (exact) mass is 693 g/mol. The maximum atomic E-state index is 14.7. The molecule has 3 heterocycles. The average Bonchev–Trinajstić information content (AvgIpc) is 3.78. The van der Waals surface area contributed by atoms with E-state index in [4.69, 9.17) is 9.15 Å². The van der Waals surface area contributed by atoms with E-state index in [-0.39, 0.29) is 43.3 Å². The molecule has 2 saturated heterocycles. The van der Waals surface area contributed by atoms with Gasteiger partial charge in [-0.15, -0.1) is 0 Å². The second kappa shape index (κ2) is 12.1. The smallest absolute Gasteiger partial charge is 0.241 e. The van der Waals surface area contributed by atoms with Crippen molar-refractivity contribution in [2.45, 2.75) is 25.7 Å². The van der Waals surface area contributed by atoms with Crippen molar-refractivity contribution in [2.24, 2.45) is 29.1 Å². The molecule has 260 valence electrons. The number of carbonyl (C=O) groups is 4. The van der Waals surface area contributed by atoms with Gasteiger partial charge in [-0.1, -0.05) is 60.2 Å². The van der Waals surface area contributed by atoms with Crippen molar-refractivity contribution in [3.8, 4) is 17.2 Å². The zero-order valence-electron chi connectivity index (χ0n) is 28.3. The molecule has 0 radical (unpaired) electrons. The van der Waals surface area contributed by atoms with Crippen LogP contribution in [-0.4, -0.2) is 46.9 Å². The molecule has 4 aromatic carbocycles. The molecule has 4 aliphatic rings. The zero-order chi connectivity index (χ0) is 35.7. The molecule has 3 fully saturated rings. The number of nitrogens with zero attached hydrogens (tertiary/aromatic N) is 3. The maximum absolute atomic E-state index is 14.7. The van der Waals surface area contributed by atoms with Crippen molar-refractivity contribution in [1.82, 2.24) is 4.98 Å². The van der Waals surface area contributed by atoms with E-state index in [2.05, 4.69) is 4.98 Å². The summed E-state index contributed by atoms with van der Waals surface area (Å²) >= 11 is 0. The number of hydrogen-bond acceptors (Lipinski definition) is 8. The first-order valence-corrected chi connectivity index (χ1v) is 17.6. The van der Waals surface area contributed by atoms with Gasteiger partial charge < -0.3 is 14.3 Å². The minimum Gasteiger partial charge on any atom is -0.491 e. The van der Waals surface area contributed by atoms with Gasteiger partial charge in [0.05, 0.1) is 41.2 Å². The molecule has 9 rings (SSSR count). The predicted molar refractivity (Wildman–Crippen MR) is 192 cm³/mol. The van der Waals surface area contributed by atoms with Crippen LogP contribution in [0, 0.1) is 29.1 Å². The standard InChI is InChI=1S/C42H35N3O7/c1-42-31(39(48)45(41(42)50)25-9-3-2-4-10-25)23-30-27(36(42)28-11-5-7-13-33(28)51-22-21-46)19-20-29-35(30)40(49)44(38(29)47)26-17-15-24(16-18-26)37-43-32-12-6-8-14-34(32)52-37/h2-19,29-31,35-36,46H,20-23H2,1H3/t29-,30+,31-,35-,36+,42+/m0/s1. The summed E-state index contributed by atoms with van der Waals surface area (Å²) in [4.78, 5) is 65.0. The number of imide groups is 2. The summed E-state index contributed by atoms with van der Waals surface area (Å²) in [5.41, 5.74) is 3.42. The van der Waals surface area contributed by atoms with Gasteiger partial charge in [0.1, 0.15) is 17.9 Å². The number of carbonyl (C=O) groups excluding carboxylic acids is 4. The maximum Gasteiger partial charge on any atom is 0.241 e. The summed E-state index contributed by atoms with van der Waals surface area (Å²) < 4.78 is 11.9. The lowest BCUT2D eigenvalue weighted by atomic mass is 9.51. The van der Waals surface area contributed by atoms with Gasteiger partial charge in [0, 0.05) is 17.0 Å². The molecule has 4 amide bonds. The highest BCUT2D eigenvalue weighted by Crippen LogP contribution is 2.64. The van der Waals surface area contributed by atoms with E-state index in [1.54, 1.807) is 54.6 Å². The molecular formula is C42H35N3O7. The lowest BCUT2D eigenvalue weighted by Gasteiger charge is -2.49. The number of aromatic nitrogens is 1. The van der Waals surface area contributed by atoms with Crippen molar-refractivity contribution >= 4 is 46.1 Å². The van der Waals surface area contributed by atoms with Crippen LogP contribution in [0.25, 0.3) is 22.6 Å². The molecule has 10 nitrogen and oxygen atoms in total. The molecule has 1 N–H and O–H groups in total. The number of benzene rings is 4. The first-order valence-electron chi connectivity index (χ1n) is 17.6. The highest BCUT2D eigenvalue weighted by molar-refractivity contribution is 6.25. The molecule has 2 aliphatic carbocycles. The first kappa shape index (κ1) is 32.1. The molecule has 1 saturated carbocycles. The fourth-order valence-corrected chi connectivity index (χ4v) is 9.19. The van der Waals surface area contributed by atoms with Crippen molar-refractivity contribution in [1.29, 1.82) is 0 Å². The number of para-hydroxylation sites is 4. The zero-order valence-corrected chi connectivity index (χ0v) is 28.3. The largest absolute Gasteiger partial charge is 0.491 e. The van der Waals surface area contributed by atoms with Crippen LogP contribution in [0.1, 0.15) is 31.2 Å². The number of oxazole rings is 1. The molecule has 5 aromatic rings. The van der Waals surface area contributed by atoms with Crippen LogP contribution in [0.4, 0.5) is 11.4 Å². The molecule has 0 unspecified atom stereocenters. The highest BCUT2D eigenvalue weighted by Gasteiger charge is 2.68. The normalized spacial score (nSPS) is 26.7. The predicted octanol–water partition coefficient (Wildman–Crippen LogP) is 6.30. The average molecular weight is 694 g/mol. The van der Waals surface area contributed by atoms with E-state index < -0.39 is 35.0 Å². The number of aliphatic hydroxyl groups is 1. The molecule has 10 heteroatoms. The Labute approximate surface area is 299 Å². The molecule has 52 heavy (non-hydrogen) atoms. The van der Waals surface area contributed by atoms with E-state index in [9.17, 15) is 24.3 Å². The van der Waals surface area contributed by atoms with E-state index >= 15 is 0 Å². The third-order valence-corrected chi connectivity index (χ3v) is 11.5. The van der Waals surface area contributed by atoms with Gasteiger partial charge in [-0.3, -0.25) is 24.1 Å². The van der Waals surface area contributed by atoms with Gasteiger partial charge in [0.15, 0.2) is 5.58 Å². The summed E-state index contributed by atoms with van der Waals surface area (Å²) in [7, 11) is 0. The Morgan fingerprint density at radius 2 is 1.52 bits per heavy atom. The second-order valence-corrected chi connectivity index (χ2v) is 14.2. The van der Waals surface area contributed by atoms with Crippen LogP contribution in [0.5, 0.6) is 5.75 Å². The number of ether oxygens (including phenoxy) is 1. The van der Waals surface area contributed by atoms with Crippen LogP contribution < -0.4 is 14.5 Å². The Balaban J connectivity index is 1.10. The van der Waals surface area contributed by atoms with Gasteiger partial charge in [0.2, 0.25) is 29.5 Å². The van der Waals surface area contributed by atoms with E-state index in [1.165, 1.54) is 9.80 Å². The van der Waals surface area contributed by atoms with Crippen LogP contribution >= 0.6 is 0 Å². The Kier molecular flexibility index (Phi) is 7.48. The van der Waals surface area contributed by atoms with E-state index in [0.717, 1.165) is 11.1 Å². The highest BCUT2D eigenvalue weighted by atomic mass is 16.5. The Hall–Kier alpha value is -5.87. The summed E-state index contributed by atoms with van der Waals surface area (Å²) in [6, 6.07) is 30.8. The second-order valence-electron chi connectivity index (χ2n) is 14.2. The Morgan fingerprint density at radius 1 is 0.808 bits per heavy atom. The fourth-order valence-electron chi connectivity index (χ4n) is 9.19. The number of allylic oxidation sites excluding steroid dienone is 2.